The Balaban J connectivity index is 1.70. The van der Waals surface area contributed by atoms with Crippen LogP contribution in [0.4, 0.5) is 10.5 Å². The van der Waals surface area contributed by atoms with Gasteiger partial charge in [0.15, 0.2) is 0 Å². The van der Waals surface area contributed by atoms with Crippen LogP contribution in [0.25, 0.3) is 0 Å². The van der Waals surface area contributed by atoms with E-state index in [0.717, 1.165) is 25.1 Å². The first-order chi connectivity index (χ1) is 11.9. The van der Waals surface area contributed by atoms with Gasteiger partial charge in [0.2, 0.25) is 0 Å². The Morgan fingerprint density at radius 3 is 2.76 bits per heavy atom. The lowest BCUT2D eigenvalue weighted by Crippen LogP contribution is -2.47. The fourth-order valence-electron chi connectivity index (χ4n) is 2.61. The van der Waals surface area contributed by atoms with E-state index in [9.17, 15) is 4.79 Å². The van der Waals surface area contributed by atoms with Gasteiger partial charge < -0.3 is 19.7 Å². The molecule has 1 unspecified atom stereocenters. The van der Waals surface area contributed by atoms with Crippen LogP contribution < -0.4 is 5.32 Å². The molecule has 6 heteroatoms. The number of carbonyl (C=O) groups excluding carboxylic acids is 1. The lowest BCUT2D eigenvalue weighted by Gasteiger charge is -2.34. The largest absolute Gasteiger partial charge is 0.444 e. The van der Waals surface area contributed by atoms with Gasteiger partial charge in [0, 0.05) is 18.8 Å². The number of hydrogen-bond acceptors (Lipinski definition) is 5. The van der Waals surface area contributed by atoms with Gasteiger partial charge in [-0.15, -0.1) is 0 Å². The fraction of sp³-hybridized carbons (Fsp3) is 0.579. The van der Waals surface area contributed by atoms with Gasteiger partial charge in [-0.05, 0) is 57.9 Å². The van der Waals surface area contributed by atoms with Crippen molar-refractivity contribution >= 4 is 11.8 Å². The minimum atomic E-state index is -0.476. The van der Waals surface area contributed by atoms with Crippen LogP contribution in [0.3, 0.4) is 0 Å². The first-order valence-corrected chi connectivity index (χ1v) is 8.71. The number of anilines is 1. The lowest BCUT2D eigenvalue weighted by atomic mass is 10.1. The Kier molecular flexibility index (Phi) is 6.65. The summed E-state index contributed by atoms with van der Waals surface area (Å²) in [5.41, 5.74) is 1.18. The quantitative estimate of drug-likeness (QED) is 0.828. The third-order valence-electron chi connectivity index (χ3n) is 3.84. The van der Waals surface area contributed by atoms with E-state index < -0.39 is 5.60 Å². The van der Waals surface area contributed by atoms with Crippen LogP contribution in [0.2, 0.25) is 0 Å². The molecule has 1 saturated heterocycles. The molecule has 25 heavy (non-hydrogen) atoms. The van der Waals surface area contributed by atoms with Crippen molar-refractivity contribution in [3.8, 4) is 6.07 Å². The number of benzene rings is 1. The van der Waals surface area contributed by atoms with E-state index in [-0.39, 0.29) is 12.2 Å². The molecule has 2 rings (SSSR count). The molecule has 1 amide bonds. The Morgan fingerprint density at radius 2 is 2.12 bits per heavy atom. The Labute approximate surface area is 149 Å². The summed E-state index contributed by atoms with van der Waals surface area (Å²) in [5.74, 6) is 0. The van der Waals surface area contributed by atoms with Crippen molar-refractivity contribution in [1.29, 1.82) is 5.26 Å². The zero-order valence-electron chi connectivity index (χ0n) is 15.2. The molecule has 0 aliphatic carbocycles. The highest BCUT2D eigenvalue weighted by Gasteiger charge is 2.27. The summed E-state index contributed by atoms with van der Waals surface area (Å²) < 4.78 is 11.2. The van der Waals surface area contributed by atoms with Crippen molar-refractivity contribution in [3.05, 3.63) is 29.8 Å². The summed E-state index contributed by atoms with van der Waals surface area (Å²) in [7, 11) is 0. The molecule has 6 nitrogen and oxygen atoms in total. The molecule has 136 valence electrons. The average molecular weight is 345 g/mol. The van der Waals surface area contributed by atoms with Crippen molar-refractivity contribution in [1.82, 2.24) is 4.90 Å². The number of ether oxygens (including phenoxy) is 2. The smallest absolute Gasteiger partial charge is 0.410 e. The molecule has 1 fully saturated rings. The molecule has 1 aliphatic heterocycles. The van der Waals surface area contributed by atoms with Gasteiger partial charge in [-0.1, -0.05) is 0 Å². The summed E-state index contributed by atoms with van der Waals surface area (Å²) >= 11 is 0. The predicted octanol–water partition coefficient (Wildman–Crippen LogP) is 3.39. The number of hydrogen-bond donors (Lipinski definition) is 1. The molecule has 0 spiro atoms. The van der Waals surface area contributed by atoms with E-state index in [1.54, 1.807) is 17.0 Å². The average Bonchev–Trinajstić information content (AvgIpc) is 2.58. The first kappa shape index (κ1) is 19.1. The van der Waals surface area contributed by atoms with E-state index in [1.807, 2.05) is 32.9 Å². The number of nitrogens with one attached hydrogen (secondary N) is 1. The third kappa shape index (κ3) is 6.63. The van der Waals surface area contributed by atoms with Crippen LogP contribution in [0.1, 0.15) is 39.2 Å². The molecule has 0 radical (unpaired) electrons. The molecule has 1 N–H and O–H groups in total. The molecule has 0 aromatic heterocycles. The molecule has 1 atom stereocenters. The maximum Gasteiger partial charge on any atom is 0.410 e. The first-order valence-electron chi connectivity index (χ1n) is 8.71. The number of nitrogens with zero attached hydrogens (tertiary/aromatic N) is 2. The zero-order chi connectivity index (χ0) is 18.3. The minimum Gasteiger partial charge on any atom is -0.444 e. The summed E-state index contributed by atoms with van der Waals surface area (Å²) in [6.07, 6.45) is 1.59. The fourth-order valence-corrected chi connectivity index (χ4v) is 2.61. The normalized spacial score (nSPS) is 17.7. The zero-order valence-corrected chi connectivity index (χ0v) is 15.2. The number of amides is 1. The lowest BCUT2D eigenvalue weighted by molar-refractivity contribution is -0.0447. The Bertz CT molecular complexity index is 602. The number of morpholine rings is 1. The van der Waals surface area contributed by atoms with Gasteiger partial charge in [0.05, 0.1) is 30.9 Å². The molecule has 1 heterocycles. The van der Waals surface area contributed by atoms with E-state index in [1.165, 1.54) is 0 Å². The van der Waals surface area contributed by atoms with E-state index >= 15 is 0 Å². The number of rotatable bonds is 5. The van der Waals surface area contributed by atoms with Crippen LogP contribution in [0.5, 0.6) is 0 Å². The highest BCUT2D eigenvalue weighted by atomic mass is 16.6. The molecule has 0 saturated carbocycles. The van der Waals surface area contributed by atoms with Gasteiger partial charge >= 0.3 is 6.09 Å². The van der Waals surface area contributed by atoms with Crippen LogP contribution in [0, 0.1) is 11.3 Å². The summed E-state index contributed by atoms with van der Waals surface area (Å²) in [6, 6.07) is 9.50. The van der Waals surface area contributed by atoms with Crippen LogP contribution in [-0.2, 0) is 9.47 Å². The van der Waals surface area contributed by atoms with Crippen molar-refractivity contribution in [2.75, 3.05) is 31.6 Å². The second-order valence-electron chi connectivity index (χ2n) is 7.18. The van der Waals surface area contributed by atoms with Crippen molar-refractivity contribution in [2.24, 2.45) is 0 Å². The molecule has 1 aromatic rings. The number of carbonyl (C=O) groups is 1. The minimum absolute atomic E-state index is 0.0454. The van der Waals surface area contributed by atoms with E-state index in [4.69, 9.17) is 14.7 Å². The van der Waals surface area contributed by atoms with Crippen LogP contribution in [-0.4, -0.2) is 48.9 Å². The summed E-state index contributed by atoms with van der Waals surface area (Å²) in [4.78, 5) is 13.9. The molecular weight excluding hydrogens is 318 g/mol. The van der Waals surface area contributed by atoms with Gasteiger partial charge in [-0.3, -0.25) is 0 Å². The standard InChI is InChI=1S/C19H27N3O3/c1-19(2,3)25-18(23)22-11-12-24-17(14-22)5-4-10-21-16-8-6-15(13-20)7-9-16/h6-9,17,21H,4-5,10-12,14H2,1-3H3. The molecule has 1 aliphatic rings. The SMILES string of the molecule is CC(C)(C)OC(=O)N1CCOC(CCCNc2ccc(C#N)cc2)C1. The third-order valence-corrected chi connectivity index (χ3v) is 3.84. The summed E-state index contributed by atoms with van der Waals surface area (Å²) in [5, 5.41) is 12.1. The molecule has 1 aromatic carbocycles. The van der Waals surface area contributed by atoms with E-state index in [2.05, 4.69) is 11.4 Å². The van der Waals surface area contributed by atoms with Gasteiger partial charge in [0.25, 0.3) is 0 Å². The monoisotopic (exact) mass is 345 g/mol. The second kappa shape index (κ2) is 8.72. The van der Waals surface area contributed by atoms with Crippen molar-refractivity contribution in [2.45, 2.75) is 45.3 Å². The summed E-state index contributed by atoms with van der Waals surface area (Å²) in [6.45, 7) is 8.14. The topological polar surface area (TPSA) is 74.6 Å². The molecule has 0 bridgehead atoms. The van der Waals surface area contributed by atoms with Gasteiger partial charge in [-0.25, -0.2) is 4.79 Å². The van der Waals surface area contributed by atoms with Gasteiger partial charge in [-0.2, -0.15) is 5.26 Å². The van der Waals surface area contributed by atoms with Gasteiger partial charge in [0.1, 0.15) is 5.60 Å². The Hall–Kier alpha value is -2.26. The Morgan fingerprint density at radius 1 is 1.40 bits per heavy atom. The molecular formula is C19H27N3O3. The highest BCUT2D eigenvalue weighted by molar-refractivity contribution is 5.68. The van der Waals surface area contributed by atoms with Crippen LogP contribution >= 0.6 is 0 Å². The van der Waals surface area contributed by atoms with E-state index in [0.29, 0.717) is 25.3 Å². The maximum atomic E-state index is 12.1. The van der Waals surface area contributed by atoms with Crippen molar-refractivity contribution in [3.63, 3.8) is 0 Å². The van der Waals surface area contributed by atoms with Crippen LogP contribution in [0.15, 0.2) is 24.3 Å². The predicted molar refractivity (Wildman–Crippen MR) is 96.4 cm³/mol. The maximum absolute atomic E-state index is 12.1. The van der Waals surface area contributed by atoms with Crippen molar-refractivity contribution < 1.29 is 14.3 Å². The number of nitriles is 1. The second-order valence-corrected chi connectivity index (χ2v) is 7.18. The highest BCUT2D eigenvalue weighted by Crippen LogP contribution is 2.16.